The second-order valence-electron chi connectivity index (χ2n) is 7.34. The minimum absolute atomic E-state index is 0.0243. The lowest BCUT2D eigenvalue weighted by molar-refractivity contribution is -0.121. The number of nitrogens with two attached hydrogens (primary N) is 1. The molecule has 3 rings (SSSR count). The number of sulfonamides is 1. The Morgan fingerprint density at radius 1 is 1.00 bits per heavy atom. The van der Waals surface area contributed by atoms with E-state index in [2.05, 4.69) is 15.1 Å². The first-order chi connectivity index (χ1) is 14.3. The molecular formula is C21H27ClN4O3S. The highest BCUT2D eigenvalue weighted by Crippen LogP contribution is 2.19. The Labute approximate surface area is 182 Å². The average molecular weight is 451 g/mol. The summed E-state index contributed by atoms with van der Waals surface area (Å²) in [4.78, 5) is 16.8. The molecule has 0 aliphatic carbocycles. The maximum absolute atomic E-state index is 12.1. The number of hydrogen-bond donors (Lipinski definition) is 2. The number of amides is 1. The molecule has 1 aliphatic rings. The summed E-state index contributed by atoms with van der Waals surface area (Å²) in [6.07, 6.45) is 1.10. The van der Waals surface area contributed by atoms with Gasteiger partial charge in [-0.3, -0.25) is 9.69 Å². The Bertz CT molecular complexity index is 941. The Balaban J connectivity index is 1.33. The molecular weight excluding hydrogens is 424 g/mol. The standard InChI is InChI=1S/C21H27ClN4O3S/c22-18-3-5-19(6-4-18)26-15-13-25(14-16-26)12-10-21(27)24-11-9-17-1-7-20(8-2-17)30(23,28)29/h1-8H,9-16H2,(H,24,27)(H2,23,28,29). The van der Waals surface area contributed by atoms with Crippen molar-refractivity contribution in [3.63, 3.8) is 0 Å². The summed E-state index contributed by atoms with van der Waals surface area (Å²) in [5.41, 5.74) is 2.12. The van der Waals surface area contributed by atoms with Gasteiger partial charge in [0.1, 0.15) is 0 Å². The first kappa shape index (κ1) is 22.6. The maximum Gasteiger partial charge on any atom is 0.238 e. The summed E-state index contributed by atoms with van der Waals surface area (Å²) in [5, 5.41) is 8.75. The van der Waals surface area contributed by atoms with Crippen molar-refractivity contribution in [2.24, 2.45) is 5.14 Å². The Morgan fingerprint density at radius 2 is 1.63 bits per heavy atom. The summed E-state index contributed by atoms with van der Waals surface area (Å²) in [5.74, 6) is 0.0243. The van der Waals surface area contributed by atoms with Gasteiger partial charge >= 0.3 is 0 Å². The van der Waals surface area contributed by atoms with Gasteiger partial charge in [-0.05, 0) is 48.4 Å². The minimum atomic E-state index is -3.68. The van der Waals surface area contributed by atoms with Crippen molar-refractivity contribution >= 4 is 33.2 Å². The zero-order chi connectivity index (χ0) is 21.6. The van der Waals surface area contributed by atoms with Crippen LogP contribution in [0.1, 0.15) is 12.0 Å². The molecule has 2 aromatic carbocycles. The van der Waals surface area contributed by atoms with Gasteiger partial charge in [-0.1, -0.05) is 23.7 Å². The summed E-state index contributed by atoms with van der Waals surface area (Å²) in [6, 6.07) is 14.3. The number of piperazine rings is 1. The molecule has 1 amide bonds. The quantitative estimate of drug-likeness (QED) is 0.640. The van der Waals surface area contributed by atoms with E-state index in [1.54, 1.807) is 12.1 Å². The molecule has 0 unspecified atom stereocenters. The third-order valence-corrected chi connectivity index (χ3v) is 6.39. The molecule has 0 spiro atoms. The number of nitrogens with zero attached hydrogens (tertiary/aromatic N) is 2. The van der Waals surface area contributed by atoms with Crippen LogP contribution >= 0.6 is 11.6 Å². The number of carbonyl (C=O) groups excluding carboxylic acids is 1. The summed E-state index contributed by atoms with van der Waals surface area (Å²) < 4.78 is 22.5. The molecule has 0 bridgehead atoms. The van der Waals surface area contributed by atoms with E-state index in [1.807, 2.05) is 24.3 Å². The molecule has 0 saturated carbocycles. The molecule has 2 aromatic rings. The lowest BCUT2D eigenvalue weighted by Crippen LogP contribution is -2.47. The van der Waals surface area contributed by atoms with Gasteiger partial charge in [0.2, 0.25) is 15.9 Å². The molecule has 0 radical (unpaired) electrons. The van der Waals surface area contributed by atoms with Gasteiger partial charge in [0, 0.05) is 56.4 Å². The molecule has 0 aromatic heterocycles. The van der Waals surface area contributed by atoms with Crippen LogP contribution in [0.4, 0.5) is 5.69 Å². The summed E-state index contributed by atoms with van der Waals surface area (Å²) in [7, 11) is -3.68. The van der Waals surface area contributed by atoms with Crippen molar-refractivity contribution in [3.05, 3.63) is 59.1 Å². The Kier molecular flexibility index (Phi) is 7.71. The minimum Gasteiger partial charge on any atom is -0.369 e. The Hall–Kier alpha value is -2.13. The fourth-order valence-corrected chi connectivity index (χ4v) is 4.06. The monoisotopic (exact) mass is 450 g/mol. The highest BCUT2D eigenvalue weighted by molar-refractivity contribution is 7.89. The van der Waals surface area contributed by atoms with Gasteiger partial charge in [-0.15, -0.1) is 0 Å². The van der Waals surface area contributed by atoms with Gasteiger partial charge in [0.05, 0.1) is 4.90 Å². The molecule has 1 heterocycles. The van der Waals surface area contributed by atoms with Crippen LogP contribution in [0.5, 0.6) is 0 Å². The third kappa shape index (κ3) is 6.70. The molecule has 1 aliphatic heterocycles. The van der Waals surface area contributed by atoms with E-state index in [0.717, 1.165) is 43.3 Å². The van der Waals surface area contributed by atoms with Crippen LogP contribution in [0.25, 0.3) is 0 Å². The van der Waals surface area contributed by atoms with E-state index in [9.17, 15) is 13.2 Å². The number of hydrogen-bond acceptors (Lipinski definition) is 5. The largest absolute Gasteiger partial charge is 0.369 e. The lowest BCUT2D eigenvalue weighted by atomic mass is 10.1. The van der Waals surface area contributed by atoms with Crippen molar-refractivity contribution < 1.29 is 13.2 Å². The van der Waals surface area contributed by atoms with Crippen molar-refractivity contribution in [2.45, 2.75) is 17.7 Å². The van der Waals surface area contributed by atoms with Crippen molar-refractivity contribution in [1.29, 1.82) is 0 Å². The van der Waals surface area contributed by atoms with Crippen LogP contribution in [0.2, 0.25) is 5.02 Å². The predicted octanol–water partition coefficient (Wildman–Crippen LogP) is 1.86. The second kappa shape index (κ2) is 10.3. The molecule has 3 N–H and O–H groups in total. The number of primary sulfonamides is 1. The zero-order valence-corrected chi connectivity index (χ0v) is 18.3. The van der Waals surface area contributed by atoms with Crippen LogP contribution in [0.3, 0.4) is 0 Å². The van der Waals surface area contributed by atoms with Crippen molar-refractivity contribution in [2.75, 3.05) is 44.2 Å². The number of carbonyl (C=O) groups is 1. The van der Waals surface area contributed by atoms with Crippen molar-refractivity contribution in [1.82, 2.24) is 10.2 Å². The van der Waals surface area contributed by atoms with E-state index < -0.39 is 10.0 Å². The van der Waals surface area contributed by atoms with Gasteiger partial charge < -0.3 is 10.2 Å². The molecule has 0 atom stereocenters. The highest BCUT2D eigenvalue weighted by Gasteiger charge is 2.17. The fourth-order valence-electron chi connectivity index (χ4n) is 3.42. The van der Waals surface area contributed by atoms with Crippen LogP contribution in [-0.2, 0) is 21.2 Å². The molecule has 162 valence electrons. The van der Waals surface area contributed by atoms with Crippen LogP contribution in [-0.4, -0.2) is 58.5 Å². The van der Waals surface area contributed by atoms with E-state index in [-0.39, 0.29) is 10.8 Å². The van der Waals surface area contributed by atoms with Crippen molar-refractivity contribution in [3.8, 4) is 0 Å². The summed E-state index contributed by atoms with van der Waals surface area (Å²) >= 11 is 5.95. The van der Waals surface area contributed by atoms with Crippen LogP contribution in [0.15, 0.2) is 53.4 Å². The third-order valence-electron chi connectivity index (χ3n) is 5.21. The zero-order valence-electron chi connectivity index (χ0n) is 16.8. The van der Waals surface area contributed by atoms with E-state index >= 15 is 0 Å². The number of halogens is 1. The fraction of sp³-hybridized carbons (Fsp3) is 0.381. The number of nitrogens with one attached hydrogen (secondary N) is 1. The molecule has 7 nitrogen and oxygen atoms in total. The first-order valence-electron chi connectivity index (χ1n) is 9.92. The van der Waals surface area contributed by atoms with Gasteiger partial charge in [0.25, 0.3) is 0 Å². The molecule has 1 fully saturated rings. The topological polar surface area (TPSA) is 95.7 Å². The van der Waals surface area contributed by atoms with E-state index in [1.165, 1.54) is 17.8 Å². The second-order valence-corrected chi connectivity index (χ2v) is 9.34. The molecule has 30 heavy (non-hydrogen) atoms. The Morgan fingerprint density at radius 3 is 2.23 bits per heavy atom. The van der Waals surface area contributed by atoms with Crippen LogP contribution in [0, 0.1) is 0 Å². The lowest BCUT2D eigenvalue weighted by Gasteiger charge is -2.36. The number of benzene rings is 2. The van der Waals surface area contributed by atoms with Gasteiger partial charge in [-0.2, -0.15) is 0 Å². The first-order valence-corrected chi connectivity index (χ1v) is 11.8. The number of rotatable bonds is 8. The number of anilines is 1. The molecule has 9 heteroatoms. The maximum atomic E-state index is 12.1. The van der Waals surface area contributed by atoms with Gasteiger partial charge in [-0.25, -0.2) is 13.6 Å². The average Bonchev–Trinajstić information content (AvgIpc) is 2.73. The van der Waals surface area contributed by atoms with Gasteiger partial charge in [0.15, 0.2) is 0 Å². The van der Waals surface area contributed by atoms with E-state index in [0.29, 0.717) is 19.4 Å². The van der Waals surface area contributed by atoms with E-state index in [4.69, 9.17) is 16.7 Å². The summed E-state index contributed by atoms with van der Waals surface area (Å²) in [6.45, 7) is 4.95. The normalized spacial score (nSPS) is 15.2. The molecule has 1 saturated heterocycles. The SMILES string of the molecule is NS(=O)(=O)c1ccc(CCNC(=O)CCN2CCN(c3ccc(Cl)cc3)CC2)cc1. The predicted molar refractivity (Wildman–Crippen MR) is 119 cm³/mol. The van der Waals surface area contributed by atoms with Crippen LogP contribution < -0.4 is 15.4 Å². The highest BCUT2D eigenvalue weighted by atomic mass is 35.5. The smallest absolute Gasteiger partial charge is 0.238 e.